The Balaban J connectivity index is 1.87. The van der Waals surface area contributed by atoms with Gasteiger partial charge in [0, 0.05) is 12.2 Å². The van der Waals surface area contributed by atoms with Crippen LogP contribution in [0, 0.1) is 13.8 Å². The quantitative estimate of drug-likeness (QED) is 0.633. The van der Waals surface area contributed by atoms with E-state index in [-0.39, 0.29) is 12.1 Å². The van der Waals surface area contributed by atoms with Crippen molar-refractivity contribution in [2.24, 2.45) is 0 Å². The normalized spacial score (nSPS) is 16.5. The fourth-order valence-electron chi connectivity index (χ4n) is 4.24. The monoisotopic (exact) mass is 428 g/mol. The molecule has 0 saturated carbocycles. The lowest BCUT2D eigenvalue weighted by Gasteiger charge is -2.26. The van der Waals surface area contributed by atoms with Crippen LogP contribution in [0.25, 0.3) is 11.0 Å². The summed E-state index contributed by atoms with van der Waals surface area (Å²) in [5, 5.41) is 0. The zero-order chi connectivity index (χ0) is 21.5. The number of benzene rings is 1. The molecule has 1 atom stereocenters. The molecule has 0 radical (unpaired) electrons. The van der Waals surface area contributed by atoms with Crippen molar-refractivity contribution < 1.29 is 13.2 Å². The van der Waals surface area contributed by atoms with Crippen LogP contribution < -0.4 is 9.46 Å². The molecular formula is C22H28N4O3S. The van der Waals surface area contributed by atoms with Crippen LogP contribution >= 0.6 is 0 Å². The van der Waals surface area contributed by atoms with E-state index < -0.39 is 10.0 Å². The van der Waals surface area contributed by atoms with Gasteiger partial charge in [0.1, 0.15) is 17.1 Å². The standard InChI is InChI=1S/C22H28N4O3S/c1-5-13-26-15(3)14(2)19-20(26)21(24-22(23-19)25-30(4,27)28)29-18-12-8-10-16-9-6-7-11-17(16)18/h6-7,9,11,18H,5,8,10,12-13H2,1-4H3,(H,23,24,25). The minimum Gasteiger partial charge on any atom is -0.468 e. The molecule has 1 aromatic carbocycles. The maximum Gasteiger partial charge on any atom is 0.244 e. The predicted octanol–water partition coefficient (Wildman–Crippen LogP) is 4.29. The van der Waals surface area contributed by atoms with Crippen molar-refractivity contribution >= 4 is 27.0 Å². The molecular weight excluding hydrogens is 400 g/mol. The SMILES string of the molecule is CCCn1c(C)c(C)c2nc(NS(C)(=O)=O)nc(OC3CCCc4ccccc43)c21. The molecule has 8 heteroatoms. The Morgan fingerprint density at radius 3 is 2.73 bits per heavy atom. The molecule has 0 fully saturated rings. The summed E-state index contributed by atoms with van der Waals surface area (Å²) in [4.78, 5) is 9.03. The third-order valence-electron chi connectivity index (χ3n) is 5.72. The Morgan fingerprint density at radius 1 is 1.23 bits per heavy atom. The molecule has 0 amide bonds. The van der Waals surface area contributed by atoms with Gasteiger partial charge in [0.25, 0.3) is 0 Å². The van der Waals surface area contributed by atoms with Crippen molar-refractivity contribution in [3.05, 3.63) is 46.6 Å². The Kier molecular flexibility index (Phi) is 5.44. The number of nitrogens with one attached hydrogen (secondary N) is 1. The molecule has 30 heavy (non-hydrogen) atoms. The minimum atomic E-state index is -3.51. The Labute approximate surface area is 177 Å². The number of fused-ring (bicyclic) bond motifs is 2. The number of ether oxygens (including phenoxy) is 1. The number of nitrogens with zero attached hydrogens (tertiary/aromatic N) is 3. The Bertz CT molecular complexity index is 1200. The molecule has 0 saturated heterocycles. The maximum absolute atomic E-state index is 11.8. The van der Waals surface area contributed by atoms with Crippen molar-refractivity contribution in [2.75, 3.05) is 11.0 Å². The number of hydrogen-bond donors (Lipinski definition) is 1. The molecule has 2 aromatic heterocycles. The second-order valence-corrected chi connectivity index (χ2v) is 9.73. The van der Waals surface area contributed by atoms with E-state index in [1.165, 1.54) is 11.1 Å². The van der Waals surface area contributed by atoms with E-state index in [4.69, 9.17) is 4.74 Å². The lowest BCUT2D eigenvalue weighted by atomic mass is 9.89. The molecule has 0 spiro atoms. The molecule has 3 aromatic rings. The van der Waals surface area contributed by atoms with Gasteiger partial charge < -0.3 is 9.30 Å². The van der Waals surface area contributed by atoms with Crippen LogP contribution in [0.4, 0.5) is 5.95 Å². The van der Waals surface area contributed by atoms with Crippen LogP contribution in [0.1, 0.15) is 54.7 Å². The number of rotatable bonds is 6. The smallest absolute Gasteiger partial charge is 0.244 e. The zero-order valence-corrected chi connectivity index (χ0v) is 18.7. The highest BCUT2D eigenvalue weighted by molar-refractivity contribution is 7.91. The summed E-state index contributed by atoms with van der Waals surface area (Å²) in [6, 6.07) is 8.33. The molecule has 1 aliphatic carbocycles. The minimum absolute atomic E-state index is 0.0424. The van der Waals surface area contributed by atoms with Gasteiger partial charge >= 0.3 is 0 Å². The fraction of sp³-hybridized carbons (Fsp3) is 0.455. The van der Waals surface area contributed by atoms with Gasteiger partial charge in [0.05, 0.1) is 6.26 Å². The van der Waals surface area contributed by atoms with E-state index in [0.29, 0.717) is 5.88 Å². The molecule has 1 unspecified atom stereocenters. The van der Waals surface area contributed by atoms with Crippen LogP contribution in [0.2, 0.25) is 0 Å². The van der Waals surface area contributed by atoms with Gasteiger partial charge in [0.2, 0.25) is 21.9 Å². The number of anilines is 1. The van der Waals surface area contributed by atoms with Crippen LogP contribution in [0.15, 0.2) is 24.3 Å². The molecule has 7 nitrogen and oxygen atoms in total. The zero-order valence-electron chi connectivity index (χ0n) is 17.9. The molecule has 1 aliphatic rings. The third-order valence-corrected chi connectivity index (χ3v) is 6.27. The third kappa shape index (κ3) is 3.88. The summed E-state index contributed by atoms with van der Waals surface area (Å²) < 4.78 is 34.7. The summed E-state index contributed by atoms with van der Waals surface area (Å²) >= 11 is 0. The topological polar surface area (TPSA) is 86.1 Å². The molecule has 4 rings (SSSR count). The van der Waals surface area contributed by atoms with Gasteiger partial charge in [-0.25, -0.2) is 13.4 Å². The second-order valence-electron chi connectivity index (χ2n) is 7.98. The van der Waals surface area contributed by atoms with Crippen LogP contribution in [0.5, 0.6) is 5.88 Å². The Morgan fingerprint density at radius 2 is 2.00 bits per heavy atom. The van der Waals surface area contributed by atoms with Gasteiger partial charge in [-0.15, -0.1) is 0 Å². The summed E-state index contributed by atoms with van der Waals surface area (Å²) in [6.45, 7) is 6.99. The lowest BCUT2D eigenvalue weighted by Crippen LogP contribution is -2.18. The first-order chi connectivity index (χ1) is 14.3. The van der Waals surface area contributed by atoms with E-state index in [9.17, 15) is 8.42 Å². The van der Waals surface area contributed by atoms with Gasteiger partial charge in [-0.1, -0.05) is 31.2 Å². The molecule has 2 heterocycles. The van der Waals surface area contributed by atoms with E-state index in [2.05, 4.69) is 51.3 Å². The van der Waals surface area contributed by atoms with E-state index in [0.717, 1.165) is 60.8 Å². The number of aromatic nitrogens is 3. The second kappa shape index (κ2) is 7.91. The van der Waals surface area contributed by atoms with Crippen LogP contribution in [0.3, 0.4) is 0 Å². The van der Waals surface area contributed by atoms with Crippen molar-refractivity contribution in [3.8, 4) is 5.88 Å². The summed E-state index contributed by atoms with van der Waals surface area (Å²) in [5.74, 6) is 0.471. The molecule has 1 N–H and O–H groups in total. The first kappa shape index (κ1) is 20.7. The first-order valence-corrected chi connectivity index (χ1v) is 12.3. The number of hydrogen-bond acceptors (Lipinski definition) is 5. The van der Waals surface area contributed by atoms with E-state index in [1.807, 2.05) is 13.0 Å². The summed E-state index contributed by atoms with van der Waals surface area (Å²) in [6.07, 6.45) is 4.91. The molecule has 0 aliphatic heterocycles. The Hall–Kier alpha value is -2.61. The van der Waals surface area contributed by atoms with E-state index >= 15 is 0 Å². The highest BCUT2D eigenvalue weighted by Gasteiger charge is 2.26. The highest BCUT2D eigenvalue weighted by Crippen LogP contribution is 2.37. The lowest BCUT2D eigenvalue weighted by molar-refractivity contribution is 0.178. The first-order valence-electron chi connectivity index (χ1n) is 10.4. The van der Waals surface area contributed by atoms with Crippen molar-refractivity contribution in [3.63, 3.8) is 0 Å². The maximum atomic E-state index is 11.8. The van der Waals surface area contributed by atoms with Crippen molar-refractivity contribution in [1.82, 2.24) is 14.5 Å². The molecule has 160 valence electrons. The average molecular weight is 429 g/mol. The van der Waals surface area contributed by atoms with Crippen LogP contribution in [-0.2, 0) is 23.0 Å². The van der Waals surface area contributed by atoms with Crippen LogP contribution in [-0.4, -0.2) is 29.2 Å². The van der Waals surface area contributed by atoms with Crippen molar-refractivity contribution in [2.45, 2.75) is 59.1 Å². The summed E-state index contributed by atoms with van der Waals surface area (Å²) in [7, 11) is -3.51. The van der Waals surface area contributed by atoms with Gasteiger partial charge in [-0.3, -0.25) is 4.72 Å². The largest absolute Gasteiger partial charge is 0.468 e. The van der Waals surface area contributed by atoms with Gasteiger partial charge in [0.15, 0.2) is 0 Å². The number of sulfonamides is 1. The molecule has 0 bridgehead atoms. The predicted molar refractivity (Wildman–Crippen MR) is 119 cm³/mol. The highest BCUT2D eigenvalue weighted by atomic mass is 32.2. The van der Waals surface area contributed by atoms with Crippen molar-refractivity contribution in [1.29, 1.82) is 0 Å². The fourth-order valence-corrected chi connectivity index (χ4v) is 4.67. The van der Waals surface area contributed by atoms with Gasteiger partial charge in [-0.2, -0.15) is 4.98 Å². The van der Waals surface area contributed by atoms with Gasteiger partial charge in [-0.05, 0) is 56.2 Å². The average Bonchev–Trinajstić information content (AvgIpc) is 2.92. The summed E-state index contributed by atoms with van der Waals surface area (Å²) in [5.41, 5.74) is 6.12. The van der Waals surface area contributed by atoms with E-state index in [1.54, 1.807) is 0 Å². The number of aryl methyl sites for hydroxylation is 3.